The third kappa shape index (κ3) is 8.55. The first-order valence-electron chi connectivity index (χ1n) is 16.2. The lowest BCUT2D eigenvalue weighted by Gasteiger charge is -2.39. The molecule has 0 spiro atoms. The van der Waals surface area contributed by atoms with Gasteiger partial charge < -0.3 is 19.6 Å². The topological polar surface area (TPSA) is 109 Å². The third-order valence-corrected chi connectivity index (χ3v) is 9.40. The predicted molar refractivity (Wildman–Crippen MR) is 173 cm³/mol. The molecule has 3 aliphatic heterocycles. The summed E-state index contributed by atoms with van der Waals surface area (Å²) < 4.78 is 14.9. The number of nitrogens with zero attached hydrogens (tertiary/aromatic N) is 6. The van der Waals surface area contributed by atoms with Crippen LogP contribution in [0.3, 0.4) is 0 Å². The van der Waals surface area contributed by atoms with E-state index in [2.05, 4.69) is 20.3 Å². The molecule has 4 amide bonds. The van der Waals surface area contributed by atoms with Gasteiger partial charge in [-0.05, 0) is 48.9 Å². The highest BCUT2D eigenvalue weighted by molar-refractivity contribution is 6.03. The number of likely N-dealkylation sites (tertiary alicyclic amines) is 1. The van der Waals surface area contributed by atoms with E-state index in [4.69, 9.17) is 0 Å². The molecule has 3 fully saturated rings. The minimum atomic E-state index is -0.599. The van der Waals surface area contributed by atoms with E-state index < -0.39 is 11.7 Å². The minimum Gasteiger partial charge on any atom is -0.345 e. The van der Waals surface area contributed by atoms with Crippen molar-refractivity contribution in [2.45, 2.75) is 26.2 Å². The summed E-state index contributed by atoms with van der Waals surface area (Å²) in [6.07, 6.45) is 3.83. The fourth-order valence-corrected chi connectivity index (χ4v) is 6.59. The lowest BCUT2D eigenvalue weighted by Crippen LogP contribution is -2.55. The van der Waals surface area contributed by atoms with Gasteiger partial charge in [0.2, 0.25) is 18.7 Å². The van der Waals surface area contributed by atoms with Crippen LogP contribution in [0.5, 0.6) is 0 Å². The van der Waals surface area contributed by atoms with Gasteiger partial charge in [-0.2, -0.15) is 5.10 Å². The fraction of sp³-hybridized carbons (Fsp3) is 0.500. The van der Waals surface area contributed by atoms with Gasteiger partial charge in [-0.3, -0.25) is 24.1 Å². The molecule has 3 aliphatic rings. The van der Waals surface area contributed by atoms with Crippen LogP contribution in [0.2, 0.25) is 0 Å². The highest BCUT2D eigenvalue weighted by atomic mass is 19.1. The van der Waals surface area contributed by atoms with Gasteiger partial charge in [-0.1, -0.05) is 30.3 Å². The van der Waals surface area contributed by atoms with Crippen LogP contribution < -0.4 is 5.43 Å². The van der Waals surface area contributed by atoms with Crippen molar-refractivity contribution >= 4 is 30.3 Å². The van der Waals surface area contributed by atoms with Crippen LogP contribution in [0.15, 0.2) is 47.6 Å². The molecule has 2 aromatic rings. The zero-order chi connectivity index (χ0) is 32.5. The fourth-order valence-electron chi connectivity index (χ4n) is 6.59. The van der Waals surface area contributed by atoms with Crippen LogP contribution >= 0.6 is 0 Å². The molecule has 0 saturated carbocycles. The van der Waals surface area contributed by atoms with Gasteiger partial charge in [-0.25, -0.2) is 9.82 Å². The Bertz CT molecular complexity index is 1410. The molecule has 0 bridgehead atoms. The highest BCUT2D eigenvalue weighted by Gasteiger charge is 2.29. The number of piperidine rings is 1. The van der Waals surface area contributed by atoms with Crippen molar-refractivity contribution in [3.05, 3.63) is 70.5 Å². The molecule has 0 radical (unpaired) electrons. The van der Waals surface area contributed by atoms with Crippen molar-refractivity contribution in [1.82, 2.24) is 29.9 Å². The second-order valence-corrected chi connectivity index (χ2v) is 12.4. The molecule has 246 valence electrons. The molecular weight excluding hydrogens is 589 g/mol. The number of hydrogen-bond acceptors (Lipinski definition) is 7. The maximum Gasteiger partial charge on any atom is 0.256 e. The van der Waals surface area contributed by atoms with Crippen molar-refractivity contribution < 1.29 is 23.6 Å². The van der Waals surface area contributed by atoms with E-state index in [9.17, 15) is 23.6 Å². The van der Waals surface area contributed by atoms with Gasteiger partial charge >= 0.3 is 0 Å². The number of halogens is 1. The van der Waals surface area contributed by atoms with Gasteiger partial charge in [0, 0.05) is 84.0 Å². The average molecular weight is 634 g/mol. The molecule has 3 saturated heterocycles. The van der Waals surface area contributed by atoms with Crippen molar-refractivity contribution in [2.75, 3.05) is 78.5 Å². The molecule has 0 unspecified atom stereocenters. The van der Waals surface area contributed by atoms with Gasteiger partial charge in [0.25, 0.3) is 5.91 Å². The van der Waals surface area contributed by atoms with Gasteiger partial charge in [0.05, 0.1) is 17.8 Å². The Morgan fingerprint density at radius 1 is 0.870 bits per heavy atom. The summed E-state index contributed by atoms with van der Waals surface area (Å²) in [6.45, 7) is 10.1. The van der Waals surface area contributed by atoms with Crippen LogP contribution in [0.1, 0.15) is 39.9 Å². The Hall–Kier alpha value is -4.16. The first-order valence-corrected chi connectivity index (χ1v) is 16.2. The van der Waals surface area contributed by atoms with Gasteiger partial charge in [0.1, 0.15) is 5.82 Å². The monoisotopic (exact) mass is 633 g/mol. The number of carbonyl (C=O) groups is 4. The molecule has 11 nitrogen and oxygen atoms in total. The number of rotatable bonds is 11. The Balaban J connectivity index is 1.10. The summed E-state index contributed by atoms with van der Waals surface area (Å²) in [5.41, 5.74) is 5.46. The molecule has 0 aromatic heterocycles. The minimum absolute atomic E-state index is 0.0167. The first kappa shape index (κ1) is 33.2. The zero-order valence-electron chi connectivity index (χ0n) is 26.6. The summed E-state index contributed by atoms with van der Waals surface area (Å²) in [6, 6.07) is 12.1. The maximum atomic E-state index is 14.9. The lowest BCUT2D eigenvalue weighted by atomic mass is 9.96. The van der Waals surface area contributed by atoms with Crippen LogP contribution in [-0.4, -0.2) is 133 Å². The lowest BCUT2D eigenvalue weighted by molar-refractivity contribution is -0.134. The number of carbonyl (C=O) groups excluding carboxylic acids is 4. The van der Waals surface area contributed by atoms with E-state index in [1.54, 1.807) is 21.9 Å². The third-order valence-electron chi connectivity index (χ3n) is 9.40. The second-order valence-electron chi connectivity index (χ2n) is 12.4. The Morgan fingerprint density at radius 2 is 1.54 bits per heavy atom. The van der Waals surface area contributed by atoms with Crippen molar-refractivity contribution in [1.29, 1.82) is 0 Å². The standard InChI is InChI=1S/C34H44FN7O4/c1-26-4-2-3-5-29(26)32(37-36-24-43)21-28-6-7-31(35)30(20-28)34(46)42-18-16-41(17-19-42)33(45)23-39-14-12-38(13-15-39)22-27-8-10-40(25-44)11-9-27/h2-7,20,24-25,27H,8-19,21-23H2,1H3,(H,36,43)/b37-32-. The van der Waals surface area contributed by atoms with E-state index >= 15 is 0 Å². The molecule has 46 heavy (non-hydrogen) atoms. The van der Waals surface area contributed by atoms with E-state index in [1.165, 1.54) is 6.07 Å². The van der Waals surface area contributed by atoms with Crippen molar-refractivity contribution in [2.24, 2.45) is 11.0 Å². The Morgan fingerprint density at radius 3 is 2.22 bits per heavy atom. The number of aryl methyl sites for hydroxylation is 1. The molecule has 3 heterocycles. The Kier molecular flexibility index (Phi) is 11.5. The predicted octanol–water partition coefficient (Wildman–Crippen LogP) is 1.60. The van der Waals surface area contributed by atoms with E-state index in [0.29, 0.717) is 62.7 Å². The summed E-state index contributed by atoms with van der Waals surface area (Å²) in [5, 5.41) is 4.21. The van der Waals surface area contributed by atoms with E-state index in [1.807, 2.05) is 36.1 Å². The normalized spacial score (nSPS) is 18.8. The number of hydrazone groups is 1. The van der Waals surface area contributed by atoms with Gasteiger partial charge in [-0.15, -0.1) is 0 Å². The molecule has 2 aromatic carbocycles. The molecule has 12 heteroatoms. The number of nitrogens with one attached hydrogen (secondary N) is 1. The summed E-state index contributed by atoms with van der Waals surface area (Å²) in [4.78, 5) is 58.4. The second kappa shape index (κ2) is 15.9. The molecule has 5 rings (SSSR count). The van der Waals surface area contributed by atoms with E-state index in [0.717, 1.165) is 76.2 Å². The largest absolute Gasteiger partial charge is 0.345 e. The van der Waals surface area contributed by atoms with Crippen LogP contribution in [0.4, 0.5) is 4.39 Å². The Labute approximate surface area is 270 Å². The number of benzene rings is 2. The summed E-state index contributed by atoms with van der Waals surface area (Å²) in [5.74, 6) is -0.324. The van der Waals surface area contributed by atoms with Crippen molar-refractivity contribution in [3.63, 3.8) is 0 Å². The number of amides is 4. The average Bonchev–Trinajstić information content (AvgIpc) is 3.08. The quantitative estimate of drug-likeness (QED) is 0.229. The number of piperazine rings is 2. The van der Waals surface area contributed by atoms with Crippen LogP contribution in [0.25, 0.3) is 0 Å². The number of hydrogen-bond donors (Lipinski definition) is 1. The summed E-state index contributed by atoms with van der Waals surface area (Å²) >= 11 is 0. The molecule has 0 atom stereocenters. The first-order chi connectivity index (χ1) is 22.3. The van der Waals surface area contributed by atoms with E-state index in [-0.39, 0.29) is 11.5 Å². The SMILES string of the molecule is Cc1ccccc1/C(Cc1ccc(F)c(C(=O)N2CCN(C(=O)CN3CCN(CC4CCN(C=O)CC4)CC3)CC2)c1)=N\NC=O. The summed E-state index contributed by atoms with van der Waals surface area (Å²) in [7, 11) is 0. The van der Waals surface area contributed by atoms with Gasteiger partial charge in [0.15, 0.2) is 0 Å². The van der Waals surface area contributed by atoms with Crippen molar-refractivity contribution in [3.8, 4) is 0 Å². The van der Waals surface area contributed by atoms with Crippen LogP contribution in [-0.2, 0) is 20.8 Å². The zero-order valence-corrected chi connectivity index (χ0v) is 26.6. The molecular formula is C34H44FN7O4. The molecule has 0 aliphatic carbocycles. The maximum absolute atomic E-state index is 14.9. The van der Waals surface area contributed by atoms with Crippen LogP contribution in [0, 0.1) is 18.7 Å². The molecule has 1 N–H and O–H groups in total. The highest BCUT2D eigenvalue weighted by Crippen LogP contribution is 2.20. The smallest absolute Gasteiger partial charge is 0.256 e.